The van der Waals surface area contributed by atoms with Crippen molar-refractivity contribution in [3.05, 3.63) is 59.8 Å². The molecular formula is C23H26N2O4S. The number of aliphatic hydroxyl groups excluding tert-OH is 2. The molecular weight excluding hydrogens is 400 g/mol. The number of fused-ring (bicyclic) bond motifs is 1. The fourth-order valence-corrected chi connectivity index (χ4v) is 5.38. The van der Waals surface area contributed by atoms with E-state index in [0.29, 0.717) is 48.1 Å². The van der Waals surface area contributed by atoms with Crippen LogP contribution in [0.4, 0.5) is 5.69 Å². The molecule has 0 amide bonds. The van der Waals surface area contributed by atoms with Gasteiger partial charge in [0, 0.05) is 24.7 Å². The third-order valence-electron chi connectivity index (χ3n) is 5.77. The molecule has 1 aliphatic heterocycles. The van der Waals surface area contributed by atoms with E-state index in [4.69, 9.17) is 0 Å². The lowest BCUT2D eigenvalue weighted by atomic mass is 10.0. The van der Waals surface area contributed by atoms with Crippen molar-refractivity contribution in [3.8, 4) is 0 Å². The molecule has 0 atom stereocenters. The molecule has 30 heavy (non-hydrogen) atoms. The molecule has 2 heterocycles. The van der Waals surface area contributed by atoms with Crippen LogP contribution in [0.3, 0.4) is 0 Å². The van der Waals surface area contributed by atoms with Gasteiger partial charge in [0.1, 0.15) is 4.90 Å². The van der Waals surface area contributed by atoms with Crippen molar-refractivity contribution in [2.75, 3.05) is 18.0 Å². The molecule has 6 nitrogen and oxygen atoms in total. The molecule has 0 bridgehead atoms. The Bertz CT molecular complexity index is 1150. The molecule has 3 aromatic rings. The molecule has 2 aromatic carbocycles. The lowest BCUT2D eigenvalue weighted by Gasteiger charge is -2.33. The standard InChI is InChI=1S/C23H26N2O4S/c1-2-16-3-6-19(7-4-16)30(28,29)22-14-24-21-8-5-17(15-26)13-20(21)23(22)25-11-9-18(27)10-12-25/h3-8,13-14,18,26-27H,2,9-12,15H2,1H3. The molecule has 1 fully saturated rings. The molecule has 158 valence electrons. The summed E-state index contributed by atoms with van der Waals surface area (Å²) in [6.45, 7) is 3.00. The van der Waals surface area contributed by atoms with Gasteiger partial charge < -0.3 is 15.1 Å². The summed E-state index contributed by atoms with van der Waals surface area (Å²) in [5.74, 6) is 0. The monoisotopic (exact) mass is 426 g/mol. The Balaban J connectivity index is 1.92. The van der Waals surface area contributed by atoms with Gasteiger partial charge in [0.05, 0.1) is 28.8 Å². The molecule has 4 rings (SSSR count). The Hall–Kier alpha value is -2.48. The molecule has 7 heteroatoms. The van der Waals surface area contributed by atoms with Gasteiger partial charge in [-0.25, -0.2) is 8.42 Å². The highest BCUT2D eigenvalue weighted by Gasteiger charge is 2.29. The van der Waals surface area contributed by atoms with E-state index < -0.39 is 9.84 Å². The van der Waals surface area contributed by atoms with Crippen LogP contribution in [0.1, 0.15) is 30.9 Å². The fraction of sp³-hybridized carbons (Fsp3) is 0.348. The number of rotatable bonds is 5. The summed E-state index contributed by atoms with van der Waals surface area (Å²) in [6.07, 6.45) is 3.06. The third kappa shape index (κ3) is 3.80. The number of aliphatic hydroxyl groups is 2. The maximum absolute atomic E-state index is 13.6. The molecule has 0 saturated carbocycles. The van der Waals surface area contributed by atoms with Crippen molar-refractivity contribution in [2.24, 2.45) is 0 Å². The van der Waals surface area contributed by atoms with Gasteiger partial charge in [0.15, 0.2) is 0 Å². The topological polar surface area (TPSA) is 90.7 Å². The second-order valence-corrected chi connectivity index (χ2v) is 9.62. The van der Waals surface area contributed by atoms with Crippen LogP contribution in [0.5, 0.6) is 0 Å². The van der Waals surface area contributed by atoms with E-state index in [9.17, 15) is 18.6 Å². The third-order valence-corrected chi connectivity index (χ3v) is 7.54. The summed E-state index contributed by atoms with van der Waals surface area (Å²) >= 11 is 0. The largest absolute Gasteiger partial charge is 0.393 e. The zero-order valence-electron chi connectivity index (χ0n) is 17.0. The summed E-state index contributed by atoms with van der Waals surface area (Å²) in [7, 11) is -3.80. The van der Waals surface area contributed by atoms with Gasteiger partial charge in [-0.15, -0.1) is 0 Å². The van der Waals surface area contributed by atoms with Crippen LogP contribution < -0.4 is 4.90 Å². The Morgan fingerprint density at radius 3 is 2.37 bits per heavy atom. The first-order chi connectivity index (χ1) is 14.4. The first-order valence-corrected chi connectivity index (χ1v) is 11.7. The van der Waals surface area contributed by atoms with E-state index in [0.717, 1.165) is 12.0 Å². The SMILES string of the molecule is CCc1ccc(S(=O)(=O)c2cnc3ccc(CO)cc3c2N2CCC(O)CC2)cc1. The summed E-state index contributed by atoms with van der Waals surface area (Å²) < 4.78 is 27.2. The van der Waals surface area contributed by atoms with Gasteiger partial charge in [-0.1, -0.05) is 25.1 Å². The minimum Gasteiger partial charge on any atom is -0.393 e. The van der Waals surface area contributed by atoms with Crippen molar-refractivity contribution in [2.45, 2.75) is 48.7 Å². The van der Waals surface area contributed by atoms with E-state index in [1.165, 1.54) is 6.20 Å². The molecule has 0 aliphatic carbocycles. The quantitative estimate of drug-likeness (QED) is 0.652. The first kappa shape index (κ1) is 20.8. The summed E-state index contributed by atoms with van der Waals surface area (Å²) in [5.41, 5.74) is 3.04. The highest BCUT2D eigenvalue weighted by molar-refractivity contribution is 7.91. The fourth-order valence-electron chi connectivity index (χ4n) is 3.95. The number of aromatic nitrogens is 1. The lowest BCUT2D eigenvalue weighted by molar-refractivity contribution is 0.145. The maximum Gasteiger partial charge on any atom is 0.210 e. The van der Waals surface area contributed by atoms with Crippen molar-refractivity contribution in [3.63, 3.8) is 0 Å². The number of aryl methyl sites for hydroxylation is 1. The van der Waals surface area contributed by atoms with Gasteiger partial charge in [0.2, 0.25) is 9.84 Å². The Morgan fingerprint density at radius 2 is 1.73 bits per heavy atom. The predicted octanol–water partition coefficient (Wildman–Crippen LogP) is 3.08. The average molecular weight is 427 g/mol. The second-order valence-electron chi connectivity index (χ2n) is 7.70. The minimum atomic E-state index is -3.80. The zero-order valence-corrected chi connectivity index (χ0v) is 17.8. The van der Waals surface area contributed by atoms with Gasteiger partial charge in [-0.2, -0.15) is 0 Å². The normalized spacial score (nSPS) is 15.6. The lowest BCUT2D eigenvalue weighted by Crippen LogP contribution is -2.36. The minimum absolute atomic E-state index is 0.135. The first-order valence-electron chi connectivity index (χ1n) is 10.2. The van der Waals surface area contributed by atoms with Crippen molar-refractivity contribution in [1.82, 2.24) is 4.98 Å². The predicted molar refractivity (Wildman–Crippen MR) is 116 cm³/mol. The van der Waals surface area contributed by atoms with Crippen molar-refractivity contribution < 1.29 is 18.6 Å². The van der Waals surface area contributed by atoms with Crippen LogP contribution in [0.15, 0.2) is 58.5 Å². The van der Waals surface area contributed by atoms with Gasteiger partial charge in [0.25, 0.3) is 0 Å². The molecule has 0 radical (unpaired) electrons. The number of pyridine rings is 1. The van der Waals surface area contributed by atoms with E-state index in [2.05, 4.69) is 4.98 Å². The molecule has 2 N–H and O–H groups in total. The van der Waals surface area contributed by atoms with E-state index in [-0.39, 0.29) is 22.5 Å². The number of benzene rings is 2. The number of hydrogen-bond acceptors (Lipinski definition) is 6. The number of sulfone groups is 1. The number of hydrogen-bond donors (Lipinski definition) is 2. The highest BCUT2D eigenvalue weighted by atomic mass is 32.2. The van der Waals surface area contributed by atoms with Crippen LogP contribution in [0, 0.1) is 0 Å². The summed E-state index contributed by atoms with van der Waals surface area (Å²) in [5, 5.41) is 20.2. The highest BCUT2D eigenvalue weighted by Crippen LogP contribution is 2.37. The van der Waals surface area contributed by atoms with Crippen LogP contribution in [0.2, 0.25) is 0 Å². The van der Waals surface area contributed by atoms with Crippen molar-refractivity contribution >= 4 is 26.4 Å². The summed E-state index contributed by atoms with van der Waals surface area (Å²) in [4.78, 5) is 6.83. The molecule has 1 saturated heterocycles. The van der Waals surface area contributed by atoms with Crippen LogP contribution in [-0.2, 0) is 22.9 Å². The Morgan fingerprint density at radius 1 is 1.07 bits per heavy atom. The number of nitrogens with zero attached hydrogens (tertiary/aromatic N) is 2. The Kier molecular flexibility index (Phi) is 5.77. The van der Waals surface area contributed by atoms with Crippen LogP contribution in [-0.4, -0.2) is 42.8 Å². The molecule has 0 spiro atoms. The van der Waals surface area contributed by atoms with Crippen LogP contribution >= 0.6 is 0 Å². The zero-order chi connectivity index (χ0) is 21.3. The molecule has 1 aliphatic rings. The Labute approximate surface area is 176 Å². The van der Waals surface area contributed by atoms with Gasteiger partial charge in [-0.05, 0) is 54.7 Å². The van der Waals surface area contributed by atoms with Crippen molar-refractivity contribution in [1.29, 1.82) is 0 Å². The number of anilines is 1. The molecule has 1 aromatic heterocycles. The van der Waals surface area contributed by atoms with E-state index in [1.54, 1.807) is 24.3 Å². The maximum atomic E-state index is 13.6. The average Bonchev–Trinajstić information content (AvgIpc) is 2.78. The summed E-state index contributed by atoms with van der Waals surface area (Å²) in [6, 6.07) is 12.4. The van der Waals surface area contributed by atoms with E-state index >= 15 is 0 Å². The van der Waals surface area contributed by atoms with Gasteiger partial charge >= 0.3 is 0 Å². The van der Waals surface area contributed by atoms with Crippen LogP contribution in [0.25, 0.3) is 10.9 Å². The smallest absolute Gasteiger partial charge is 0.210 e. The second kappa shape index (κ2) is 8.34. The molecule has 0 unspecified atom stereocenters. The van der Waals surface area contributed by atoms with E-state index in [1.807, 2.05) is 30.0 Å². The number of piperidine rings is 1. The van der Waals surface area contributed by atoms with Gasteiger partial charge in [-0.3, -0.25) is 4.98 Å².